The van der Waals surface area contributed by atoms with Crippen molar-refractivity contribution in [3.8, 4) is 0 Å². The number of aliphatic imine (C=N–C) groups is 1. The number of allylic oxidation sites excluding steroid dienone is 1. The zero-order chi connectivity index (χ0) is 24.9. The Hall–Kier alpha value is -3.36. The van der Waals surface area contributed by atoms with E-state index in [1.165, 1.54) is 11.8 Å². The average Bonchev–Trinajstić information content (AvgIpc) is 3.22. The first-order valence-corrected chi connectivity index (χ1v) is 12.4. The standard InChI is InChI=1S/C27H30N4O3S/c1-17-10-11-18(2)22(14-17)25-24(26(33)30-20-8-6-5-7-9-20)19(3)29-27-31(25)21(16-35-27)15-23(32)28-12-13-34-4/h5-11,14,16,25H,12-13,15H2,1-4H3,(H,28,32)(H,30,33)/t25-/m1/s1. The molecule has 2 aromatic rings. The van der Waals surface area contributed by atoms with Crippen LogP contribution in [-0.4, -0.2) is 42.1 Å². The highest BCUT2D eigenvalue weighted by atomic mass is 32.2. The van der Waals surface area contributed by atoms with Crippen LogP contribution in [0.15, 0.2) is 75.9 Å². The maximum Gasteiger partial charge on any atom is 0.255 e. The molecule has 0 saturated heterocycles. The molecule has 0 saturated carbocycles. The summed E-state index contributed by atoms with van der Waals surface area (Å²) in [5, 5.41) is 8.64. The SMILES string of the molecule is COCCNC(=O)CC1=CSC2=NC(C)=C(C(=O)Nc3ccccc3)[C@@H](c3cc(C)ccc3C)N12. The lowest BCUT2D eigenvalue weighted by Gasteiger charge is -2.37. The van der Waals surface area contributed by atoms with E-state index in [2.05, 4.69) is 28.8 Å². The number of carbonyl (C=O) groups is 2. The molecule has 0 fully saturated rings. The van der Waals surface area contributed by atoms with E-state index in [0.717, 1.165) is 33.2 Å². The number of anilines is 1. The topological polar surface area (TPSA) is 83.0 Å². The van der Waals surface area contributed by atoms with Crippen LogP contribution in [0.1, 0.15) is 36.1 Å². The first kappa shape index (κ1) is 24.8. The maximum atomic E-state index is 13.7. The van der Waals surface area contributed by atoms with E-state index >= 15 is 0 Å². The van der Waals surface area contributed by atoms with Gasteiger partial charge in [-0.3, -0.25) is 9.59 Å². The number of nitrogens with one attached hydrogen (secondary N) is 2. The molecular weight excluding hydrogens is 460 g/mol. The van der Waals surface area contributed by atoms with Gasteiger partial charge >= 0.3 is 0 Å². The van der Waals surface area contributed by atoms with Gasteiger partial charge in [-0.15, -0.1) is 0 Å². The zero-order valence-corrected chi connectivity index (χ0v) is 21.2. The number of methoxy groups -OCH3 is 1. The normalized spacial score (nSPS) is 17.0. The summed E-state index contributed by atoms with van der Waals surface area (Å²) in [5.41, 5.74) is 5.96. The number of fused-ring (bicyclic) bond motifs is 1. The number of hydrogen-bond donors (Lipinski definition) is 2. The van der Waals surface area contributed by atoms with Crippen LogP contribution in [-0.2, 0) is 14.3 Å². The molecule has 2 amide bonds. The van der Waals surface area contributed by atoms with Gasteiger partial charge in [0.1, 0.15) is 0 Å². The van der Waals surface area contributed by atoms with Crippen LogP contribution in [0.4, 0.5) is 5.69 Å². The third-order valence-electron chi connectivity index (χ3n) is 5.98. The Labute approximate surface area is 210 Å². The lowest BCUT2D eigenvalue weighted by Crippen LogP contribution is -2.39. The Bertz CT molecular complexity index is 1220. The van der Waals surface area contributed by atoms with Crippen LogP contribution in [0.5, 0.6) is 0 Å². The van der Waals surface area contributed by atoms with Gasteiger partial charge in [0.2, 0.25) is 5.91 Å². The second-order valence-corrected chi connectivity index (χ2v) is 9.43. The largest absolute Gasteiger partial charge is 0.383 e. The van der Waals surface area contributed by atoms with Gasteiger partial charge in [-0.2, -0.15) is 0 Å². The van der Waals surface area contributed by atoms with E-state index in [-0.39, 0.29) is 18.2 Å². The van der Waals surface area contributed by atoms with E-state index in [0.29, 0.717) is 24.4 Å². The Morgan fingerprint density at radius 2 is 1.89 bits per heavy atom. The molecule has 2 aliphatic heterocycles. The third-order valence-corrected chi connectivity index (χ3v) is 6.87. The molecular formula is C27H30N4O3S. The molecule has 0 aliphatic carbocycles. The number of para-hydroxylation sites is 1. The Balaban J connectivity index is 1.72. The number of benzene rings is 2. The quantitative estimate of drug-likeness (QED) is 0.526. The number of thioether (sulfide) groups is 1. The van der Waals surface area contributed by atoms with Crippen molar-refractivity contribution < 1.29 is 14.3 Å². The van der Waals surface area contributed by atoms with Crippen molar-refractivity contribution in [2.45, 2.75) is 33.2 Å². The predicted octanol–water partition coefficient (Wildman–Crippen LogP) is 4.67. The molecule has 0 aromatic heterocycles. The molecule has 35 heavy (non-hydrogen) atoms. The summed E-state index contributed by atoms with van der Waals surface area (Å²) in [4.78, 5) is 33.1. The van der Waals surface area contributed by atoms with Gasteiger partial charge in [0.25, 0.3) is 5.91 Å². The summed E-state index contributed by atoms with van der Waals surface area (Å²) in [7, 11) is 1.60. The summed E-state index contributed by atoms with van der Waals surface area (Å²) in [5.74, 6) is -0.306. The van der Waals surface area contributed by atoms with E-state index in [1.54, 1.807) is 7.11 Å². The average molecular weight is 491 g/mol. The lowest BCUT2D eigenvalue weighted by molar-refractivity contribution is -0.120. The predicted molar refractivity (Wildman–Crippen MR) is 141 cm³/mol. The van der Waals surface area contributed by atoms with Crippen molar-refractivity contribution in [3.63, 3.8) is 0 Å². The summed E-state index contributed by atoms with van der Waals surface area (Å²) in [6, 6.07) is 15.3. The van der Waals surface area contributed by atoms with Gasteiger partial charge in [-0.05, 0) is 49.4 Å². The number of rotatable bonds is 8. The third kappa shape index (κ3) is 5.49. The fourth-order valence-electron chi connectivity index (χ4n) is 4.25. The van der Waals surface area contributed by atoms with Crippen molar-refractivity contribution in [2.24, 2.45) is 4.99 Å². The van der Waals surface area contributed by atoms with Gasteiger partial charge in [0.15, 0.2) is 5.17 Å². The van der Waals surface area contributed by atoms with Crippen LogP contribution in [0.3, 0.4) is 0 Å². The van der Waals surface area contributed by atoms with Crippen molar-refractivity contribution in [2.75, 3.05) is 25.6 Å². The molecule has 4 rings (SSSR count). The highest BCUT2D eigenvalue weighted by Crippen LogP contribution is 2.45. The van der Waals surface area contributed by atoms with Gasteiger partial charge in [-0.25, -0.2) is 4.99 Å². The lowest BCUT2D eigenvalue weighted by atomic mass is 9.89. The summed E-state index contributed by atoms with van der Waals surface area (Å²) in [6.07, 6.45) is 0.184. The Morgan fingerprint density at radius 3 is 2.63 bits per heavy atom. The second-order valence-electron chi connectivity index (χ2n) is 8.59. The van der Waals surface area contributed by atoms with Crippen molar-refractivity contribution in [3.05, 3.63) is 87.6 Å². The minimum atomic E-state index is -0.404. The molecule has 0 unspecified atom stereocenters. The van der Waals surface area contributed by atoms with Crippen molar-refractivity contribution in [1.82, 2.24) is 10.2 Å². The smallest absolute Gasteiger partial charge is 0.255 e. The number of carbonyl (C=O) groups excluding carboxylic acids is 2. The second kappa shape index (κ2) is 10.9. The molecule has 1 atom stereocenters. The van der Waals surface area contributed by atoms with E-state index in [4.69, 9.17) is 9.73 Å². The van der Waals surface area contributed by atoms with Gasteiger partial charge < -0.3 is 20.3 Å². The molecule has 7 nitrogen and oxygen atoms in total. The van der Waals surface area contributed by atoms with E-state index < -0.39 is 6.04 Å². The summed E-state index contributed by atoms with van der Waals surface area (Å²) in [6.45, 7) is 6.86. The number of amides is 2. The monoisotopic (exact) mass is 490 g/mol. The fraction of sp³-hybridized carbons (Fsp3) is 0.296. The number of hydrogen-bond acceptors (Lipinski definition) is 6. The Morgan fingerprint density at radius 1 is 1.11 bits per heavy atom. The molecule has 2 N–H and O–H groups in total. The molecule has 2 heterocycles. The molecule has 8 heteroatoms. The van der Waals surface area contributed by atoms with Crippen LogP contribution in [0, 0.1) is 13.8 Å². The zero-order valence-electron chi connectivity index (χ0n) is 20.4. The van der Waals surface area contributed by atoms with E-state index in [1.807, 2.05) is 61.4 Å². The molecule has 182 valence electrons. The first-order valence-electron chi connectivity index (χ1n) is 11.5. The van der Waals surface area contributed by atoms with Gasteiger partial charge in [0.05, 0.1) is 30.3 Å². The van der Waals surface area contributed by atoms with Crippen LogP contribution >= 0.6 is 11.8 Å². The van der Waals surface area contributed by atoms with Crippen LogP contribution in [0.2, 0.25) is 0 Å². The van der Waals surface area contributed by atoms with E-state index in [9.17, 15) is 9.59 Å². The highest BCUT2D eigenvalue weighted by molar-refractivity contribution is 8.16. The highest BCUT2D eigenvalue weighted by Gasteiger charge is 2.41. The molecule has 0 spiro atoms. The van der Waals surface area contributed by atoms with Crippen molar-refractivity contribution >= 4 is 34.4 Å². The molecule has 0 bridgehead atoms. The summed E-state index contributed by atoms with van der Waals surface area (Å²) >= 11 is 1.48. The minimum Gasteiger partial charge on any atom is -0.383 e. The Kier molecular flexibility index (Phi) is 7.73. The molecule has 2 aliphatic rings. The number of nitrogens with zero attached hydrogens (tertiary/aromatic N) is 2. The van der Waals surface area contributed by atoms with Crippen molar-refractivity contribution in [1.29, 1.82) is 0 Å². The number of ether oxygens (including phenoxy) is 1. The number of amidine groups is 1. The number of aryl methyl sites for hydroxylation is 2. The van der Waals surface area contributed by atoms with Crippen LogP contribution < -0.4 is 10.6 Å². The molecule has 0 radical (unpaired) electrons. The fourth-order valence-corrected chi connectivity index (χ4v) is 5.21. The van der Waals surface area contributed by atoms with Crippen LogP contribution in [0.25, 0.3) is 0 Å². The van der Waals surface area contributed by atoms with Gasteiger partial charge in [-0.1, -0.05) is 53.7 Å². The first-order chi connectivity index (χ1) is 16.9. The maximum absolute atomic E-state index is 13.7. The molecule has 2 aromatic carbocycles. The minimum absolute atomic E-state index is 0.101. The summed E-state index contributed by atoms with van der Waals surface area (Å²) < 4.78 is 5.03. The van der Waals surface area contributed by atoms with Gasteiger partial charge in [0, 0.05) is 25.0 Å².